The fourth-order valence-electron chi connectivity index (χ4n) is 0.957. The van der Waals surface area contributed by atoms with Crippen LogP contribution in [0.3, 0.4) is 0 Å². The second kappa shape index (κ2) is 3.88. The van der Waals surface area contributed by atoms with E-state index in [2.05, 4.69) is 0 Å². The van der Waals surface area contributed by atoms with Crippen molar-refractivity contribution in [1.29, 1.82) is 5.41 Å². The lowest BCUT2D eigenvalue weighted by atomic mass is 10.1. The third kappa shape index (κ3) is 1.83. The molecule has 0 atom stereocenters. The first-order valence-corrected chi connectivity index (χ1v) is 3.70. The summed E-state index contributed by atoms with van der Waals surface area (Å²) < 4.78 is 4.78. The molecular weight excluding hydrogens is 152 g/mol. The minimum Gasteiger partial charge on any atom is -0.481 e. The van der Waals surface area contributed by atoms with Crippen molar-refractivity contribution in [3.05, 3.63) is 35.4 Å². The van der Waals surface area contributed by atoms with Crippen LogP contribution in [0, 0.1) is 5.41 Å². The summed E-state index contributed by atoms with van der Waals surface area (Å²) in [6.45, 7) is 0.491. The predicted molar refractivity (Wildman–Crippen MR) is 48.2 cm³/mol. The number of methoxy groups -OCH3 is 1. The van der Waals surface area contributed by atoms with Crippen molar-refractivity contribution in [2.24, 2.45) is 5.73 Å². The molecule has 3 heteroatoms. The van der Waals surface area contributed by atoms with E-state index in [9.17, 15) is 0 Å². The highest BCUT2D eigenvalue weighted by molar-refractivity contribution is 5.91. The molecule has 0 bridgehead atoms. The quantitative estimate of drug-likeness (QED) is 0.508. The molecule has 64 valence electrons. The van der Waals surface area contributed by atoms with Gasteiger partial charge in [-0.1, -0.05) is 12.1 Å². The van der Waals surface area contributed by atoms with Crippen LogP contribution in [0.2, 0.25) is 0 Å². The number of rotatable bonds is 2. The van der Waals surface area contributed by atoms with Crippen LogP contribution in [-0.4, -0.2) is 13.0 Å². The molecule has 0 aromatic heterocycles. The Kier molecular flexibility index (Phi) is 2.82. The van der Waals surface area contributed by atoms with E-state index < -0.39 is 0 Å². The summed E-state index contributed by atoms with van der Waals surface area (Å²) in [6.07, 6.45) is 0. The van der Waals surface area contributed by atoms with E-state index >= 15 is 0 Å². The van der Waals surface area contributed by atoms with E-state index in [1.54, 1.807) is 0 Å². The first kappa shape index (κ1) is 8.74. The monoisotopic (exact) mass is 164 g/mol. The topological polar surface area (TPSA) is 59.1 Å². The summed E-state index contributed by atoms with van der Waals surface area (Å²) in [5.74, 6) is 0.172. The summed E-state index contributed by atoms with van der Waals surface area (Å²) in [6, 6.07) is 7.47. The van der Waals surface area contributed by atoms with Crippen LogP contribution in [0.4, 0.5) is 0 Å². The van der Waals surface area contributed by atoms with E-state index in [-0.39, 0.29) is 5.90 Å². The van der Waals surface area contributed by atoms with Gasteiger partial charge < -0.3 is 10.5 Å². The number of hydrogen-bond donors (Lipinski definition) is 2. The van der Waals surface area contributed by atoms with Crippen LogP contribution in [0.25, 0.3) is 0 Å². The Morgan fingerprint density at radius 1 is 1.58 bits per heavy atom. The number of ether oxygens (including phenoxy) is 1. The van der Waals surface area contributed by atoms with Crippen molar-refractivity contribution in [1.82, 2.24) is 0 Å². The lowest BCUT2D eigenvalue weighted by Crippen LogP contribution is -2.03. The zero-order valence-corrected chi connectivity index (χ0v) is 7.00. The Balaban J connectivity index is 2.93. The Hall–Kier alpha value is -1.35. The molecule has 0 aliphatic rings. The molecule has 1 rings (SSSR count). The van der Waals surface area contributed by atoms with Crippen molar-refractivity contribution in [2.75, 3.05) is 7.11 Å². The van der Waals surface area contributed by atoms with Gasteiger partial charge in [0.1, 0.15) is 0 Å². The van der Waals surface area contributed by atoms with Crippen molar-refractivity contribution in [3.8, 4) is 0 Å². The van der Waals surface area contributed by atoms with Crippen LogP contribution < -0.4 is 5.73 Å². The molecule has 0 heterocycles. The highest BCUT2D eigenvalue weighted by Crippen LogP contribution is 2.05. The van der Waals surface area contributed by atoms with Gasteiger partial charge in [-0.15, -0.1) is 0 Å². The Morgan fingerprint density at radius 3 is 2.92 bits per heavy atom. The average molecular weight is 164 g/mol. The molecule has 0 spiro atoms. The van der Waals surface area contributed by atoms with Gasteiger partial charge in [-0.05, 0) is 17.7 Å². The second-order valence-corrected chi connectivity index (χ2v) is 2.44. The molecule has 3 N–H and O–H groups in total. The molecule has 1 aromatic rings. The standard InChI is InChI=1S/C9H12N2O/c1-12-9(11)8-4-2-3-7(5-8)6-10/h2-5,11H,6,10H2,1H3. The van der Waals surface area contributed by atoms with Crippen molar-refractivity contribution < 1.29 is 4.74 Å². The summed E-state index contributed by atoms with van der Waals surface area (Å²) in [4.78, 5) is 0. The summed E-state index contributed by atoms with van der Waals surface area (Å²) >= 11 is 0. The average Bonchev–Trinajstić information content (AvgIpc) is 2.17. The van der Waals surface area contributed by atoms with Gasteiger partial charge in [-0.3, -0.25) is 5.41 Å². The second-order valence-electron chi connectivity index (χ2n) is 2.44. The van der Waals surface area contributed by atoms with Crippen LogP contribution in [0.15, 0.2) is 24.3 Å². The highest BCUT2D eigenvalue weighted by Gasteiger charge is 1.99. The largest absolute Gasteiger partial charge is 0.481 e. The summed E-state index contributed by atoms with van der Waals surface area (Å²) in [5.41, 5.74) is 7.22. The van der Waals surface area contributed by atoms with E-state index in [4.69, 9.17) is 15.9 Å². The zero-order valence-electron chi connectivity index (χ0n) is 7.00. The SMILES string of the molecule is COC(=N)c1cccc(CN)c1. The van der Waals surface area contributed by atoms with Gasteiger partial charge in [0.15, 0.2) is 0 Å². The molecule has 1 aromatic carbocycles. The maximum absolute atomic E-state index is 7.39. The van der Waals surface area contributed by atoms with Gasteiger partial charge in [0, 0.05) is 12.1 Å². The lowest BCUT2D eigenvalue weighted by molar-refractivity contribution is 0.401. The van der Waals surface area contributed by atoms with Gasteiger partial charge in [-0.2, -0.15) is 0 Å². The fourth-order valence-corrected chi connectivity index (χ4v) is 0.957. The number of nitrogens with two attached hydrogens (primary N) is 1. The maximum Gasteiger partial charge on any atom is 0.212 e. The van der Waals surface area contributed by atoms with Crippen LogP contribution in [0.5, 0.6) is 0 Å². The number of nitrogens with one attached hydrogen (secondary N) is 1. The smallest absolute Gasteiger partial charge is 0.212 e. The van der Waals surface area contributed by atoms with E-state index in [0.29, 0.717) is 6.54 Å². The molecule has 0 amide bonds. The zero-order chi connectivity index (χ0) is 8.97. The van der Waals surface area contributed by atoms with Gasteiger partial charge >= 0.3 is 0 Å². The molecule has 0 unspecified atom stereocenters. The summed E-state index contributed by atoms with van der Waals surface area (Å²) in [5, 5.41) is 7.39. The molecule has 3 nitrogen and oxygen atoms in total. The normalized spacial score (nSPS) is 9.50. The maximum atomic E-state index is 7.39. The molecule has 0 radical (unpaired) electrons. The van der Waals surface area contributed by atoms with E-state index in [1.165, 1.54) is 7.11 Å². The Labute approximate surface area is 71.7 Å². The minimum absolute atomic E-state index is 0.172. The fraction of sp³-hybridized carbons (Fsp3) is 0.222. The highest BCUT2D eigenvalue weighted by atomic mass is 16.5. The molecule has 0 fully saturated rings. The lowest BCUT2D eigenvalue weighted by Gasteiger charge is -2.03. The van der Waals surface area contributed by atoms with Crippen LogP contribution in [-0.2, 0) is 11.3 Å². The third-order valence-electron chi connectivity index (χ3n) is 1.63. The van der Waals surface area contributed by atoms with E-state index in [0.717, 1.165) is 11.1 Å². The first-order valence-electron chi connectivity index (χ1n) is 3.70. The first-order chi connectivity index (χ1) is 5.77. The van der Waals surface area contributed by atoms with Gasteiger partial charge in [0.05, 0.1) is 7.11 Å². The molecule has 0 aliphatic heterocycles. The van der Waals surface area contributed by atoms with Crippen LogP contribution >= 0.6 is 0 Å². The third-order valence-corrected chi connectivity index (χ3v) is 1.63. The molecule has 0 saturated heterocycles. The van der Waals surface area contributed by atoms with Crippen molar-refractivity contribution in [2.45, 2.75) is 6.54 Å². The molecule has 0 saturated carbocycles. The summed E-state index contributed by atoms with van der Waals surface area (Å²) in [7, 11) is 1.48. The van der Waals surface area contributed by atoms with E-state index in [1.807, 2.05) is 24.3 Å². The van der Waals surface area contributed by atoms with Crippen molar-refractivity contribution >= 4 is 5.90 Å². The van der Waals surface area contributed by atoms with Gasteiger partial charge in [0.25, 0.3) is 0 Å². The number of hydrogen-bond acceptors (Lipinski definition) is 3. The Morgan fingerprint density at radius 2 is 2.33 bits per heavy atom. The molecular formula is C9H12N2O. The molecule has 0 aliphatic carbocycles. The minimum atomic E-state index is 0.172. The number of benzene rings is 1. The van der Waals surface area contributed by atoms with Gasteiger partial charge in [0.2, 0.25) is 5.90 Å². The molecule has 12 heavy (non-hydrogen) atoms. The van der Waals surface area contributed by atoms with Crippen LogP contribution in [0.1, 0.15) is 11.1 Å². The van der Waals surface area contributed by atoms with Gasteiger partial charge in [-0.25, -0.2) is 0 Å². The van der Waals surface area contributed by atoms with Crippen molar-refractivity contribution in [3.63, 3.8) is 0 Å². The Bertz CT molecular complexity index is 284. The predicted octanol–water partition coefficient (Wildman–Crippen LogP) is 1.12.